The van der Waals surface area contributed by atoms with E-state index in [2.05, 4.69) is 29.1 Å². The van der Waals surface area contributed by atoms with Crippen molar-refractivity contribution in [3.8, 4) is 0 Å². The third kappa shape index (κ3) is 5.11. The molecule has 1 atom stereocenters. The van der Waals surface area contributed by atoms with Gasteiger partial charge in [0.1, 0.15) is 5.52 Å². The quantitative estimate of drug-likeness (QED) is 0.557. The SMILES string of the molecule is CCC(C)NC(=O)CSc1nc2cc(C)[nH]c2c(=O)n1CCC(C)C. The molecule has 2 aromatic rings. The number of aromatic amines is 1. The molecular weight excluding hydrogens is 336 g/mol. The monoisotopic (exact) mass is 364 g/mol. The van der Waals surface area contributed by atoms with E-state index in [-0.39, 0.29) is 23.3 Å². The van der Waals surface area contributed by atoms with E-state index in [9.17, 15) is 9.59 Å². The van der Waals surface area contributed by atoms with Crippen LogP contribution >= 0.6 is 11.8 Å². The zero-order valence-electron chi connectivity index (χ0n) is 15.7. The van der Waals surface area contributed by atoms with Crippen LogP contribution in [0.1, 0.15) is 46.2 Å². The lowest BCUT2D eigenvalue weighted by Gasteiger charge is -2.14. The summed E-state index contributed by atoms with van der Waals surface area (Å²) >= 11 is 1.32. The Morgan fingerprint density at radius 2 is 2.12 bits per heavy atom. The molecule has 2 N–H and O–H groups in total. The second-order valence-corrected chi connectivity index (χ2v) is 7.85. The van der Waals surface area contributed by atoms with Crippen molar-refractivity contribution in [2.45, 2.75) is 65.2 Å². The molecule has 0 aromatic carbocycles. The number of aryl methyl sites for hydroxylation is 1. The van der Waals surface area contributed by atoms with Gasteiger partial charge in [-0.15, -0.1) is 0 Å². The topological polar surface area (TPSA) is 79.8 Å². The number of hydrogen-bond donors (Lipinski definition) is 2. The summed E-state index contributed by atoms with van der Waals surface area (Å²) in [6, 6.07) is 2.02. The Labute approximate surface area is 152 Å². The fourth-order valence-electron chi connectivity index (χ4n) is 2.45. The van der Waals surface area contributed by atoms with Crippen molar-refractivity contribution in [2.75, 3.05) is 5.75 Å². The molecule has 2 heterocycles. The number of nitrogens with one attached hydrogen (secondary N) is 2. The lowest BCUT2D eigenvalue weighted by molar-refractivity contribution is -0.119. The van der Waals surface area contributed by atoms with Crippen molar-refractivity contribution >= 4 is 28.7 Å². The summed E-state index contributed by atoms with van der Waals surface area (Å²) in [5.74, 6) is 0.710. The normalized spacial score (nSPS) is 12.7. The van der Waals surface area contributed by atoms with Gasteiger partial charge in [0.05, 0.1) is 11.3 Å². The van der Waals surface area contributed by atoms with E-state index in [0.29, 0.717) is 28.7 Å². The average Bonchev–Trinajstić information content (AvgIpc) is 2.92. The van der Waals surface area contributed by atoms with Crippen molar-refractivity contribution in [3.63, 3.8) is 0 Å². The fourth-order valence-corrected chi connectivity index (χ4v) is 3.29. The Morgan fingerprint density at radius 3 is 2.76 bits per heavy atom. The van der Waals surface area contributed by atoms with Crippen molar-refractivity contribution in [1.29, 1.82) is 0 Å². The van der Waals surface area contributed by atoms with Crippen molar-refractivity contribution in [3.05, 3.63) is 22.1 Å². The molecule has 0 aliphatic rings. The zero-order valence-corrected chi connectivity index (χ0v) is 16.5. The van der Waals surface area contributed by atoms with Crippen LogP contribution in [0.2, 0.25) is 0 Å². The van der Waals surface area contributed by atoms with Gasteiger partial charge < -0.3 is 10.3 Å². The summed E-state index contributed by atoms with van der Waals surface area (Å²) in [6.07, 6.45) is 1.78. The van der Waals surface area contributed by atoms with Crippen LogP contribution in [0.15, 0.2) is 16.0 Å². The molecule has 0 aliphatic carbocycles. The molecule has 6 nitrogen and oxygen atoms in total. The molecular formula is C18H28N4O2S. The van der Waals surface area contributed by atoms with Crippen LogP contribution in [0.3, 0.4) is 0 Å². The van der Waals surface area contributed by atoms with Crippen LogP contribution in [0.5, 0.6) is 0 Å². The molecule has 0 spiro atoms. The highest BCUT2D eigenvalue weighted by Gasteiger charge is 2.15. The van der Waals surface area contributed by atoms with Crippen LogP contribution in [0, 0.1) is 12.8 Å². The van der Waals surface area contributed by atoms with Crippen molar-refractivity contribution in [1.82, 2.24) is 19.9 Å². The largest absolute Gasteiger partial charge is 0.353 e. The first-order chi connectivity index (χ1) is 11.8. The minimum absolute atomic E-state index is 0.0330. The second kappa shape index (κ2) is 8.56. The van der Waals surface area contributed by atoms with Crippen LogP contribution in [-0.2, 0) is 11.3 Å². The number of rotatable bonds is 8. The molecule has 138 valence electrons. The van der Waals surface area contributed by atoms with E-state index in [1.165, 1.54) is 11.8 Å². The zero-order chi connectivity index (χ0) is 18.6. The molecule has 2 aromatic heterocycles. The summed E-state index contributed by atoms with van der Waals surface area (Å²) in [6.45, 7) is 10.8. The highest BCUT2D eigenvalue weighted by atomic mass is 32.2. The molecule has 0 saturated heterocycles. The number of fused-ring (bicyclic) bond motifs is 1. The average molecular weight is 365 g/mol. The van der Waals surface area contributed by atoms with Crippen LogP contribution in [-0.4, -0.2) is 32.2 Å². The molecule has 0 aliphatic heterocycles. The Balaban J connectivity index is 2.27. The second-order valence-electron chi connectivity index (χ2n) is 6.91. The van der Waals surface area contributed by atoms with Crippen LogP contribution < -0.4 is 10.9 Å². The Morgan fingerprint density at radius 1 is 1.40 bits per heavy atom. The predicted molar refractivity (Wildman–Crippen MR) is 103 cm³/mol. The van der Waals surface area contributed by atoms with Gasteiger partial charge in [-0.1, -0.05) is 32.5 Å². The third-order valence-corrected chi connectivity index (χ3v) is 5.10. The first kappa shape index (κ1) is 19.6. The van der Waals surface area contributed by atoms with Gasteiger partial charge in [0.25, 0.3) is 5.56 Å². The molecule has 2 rings (SSSR count). The smallest absolute Gasteiger partial charge is 0.278 e. The summed E-state index contributed by atoms with van der Waals surface area (Å²) in [7, 11) is 0. The maximum atomic E-state index is 12.8. The van der Waals surface area contributed by atoms with Crippen molar-refractivity contribution in [2.24, 2.45) is 5.92 Å². The van der Waals surface area contributed by atoms with Gasteiger partial charge >= 0.3 is 0 Å². The Bertz CT molecular complexity index is 794. The number of aromatic nitrogens is 3. The molecule has 1 amide bonds. The molecule has 0 fully saturated rings. The van der Waals surface area contributed by atoms with E-state index in [1.54, 1.807) is 4.57 Å². The minimum atomic E-state index is -0.0661. The number of hydrogen-bond acceptors (Lipinski definition) is 4. The number of nitrogens with zero attached hydrogens (tertiary/aromatic N) is 2. The van der Waals surface area contributed by atoms with Gasteiger partial charge in [-0.05, 0) is 38.7 Å². The van der Waals surface area contributed by atoms with E-state index in [4.69, 9.17) is 0 Å². The van der Waals surface area contributed by atoms with Gasteiger partial charge in [-0.3, -0.25) is 14.2 Å². The summed E-state index contributed by atoms with van der Waals surface area (Å²) < 4.78 is 1.69. The molecule has 1 unspecified atom stereocenters. The van der Waals surface area contributed by atoms with E-state index in [1.807, 2.05) is 26.8 Å². The molecule has 7 heteroatoms. The molecule has 0 saturated carbocycles. The number of amides is 1. The summed E-state index contributed by atoms with van der Waals surface area (Å²) in [5, 5.41) is 3.55. The maximum absolute atomic E-state index is 12.8. The summed E-state index contributed by atoms with van der Waals surface area (Å²) in [4.78, 5) is 32.6. The lowest BCUT2D eigenvalue weighted by atomic mass is 10.1. The Kier molecular flexibility index (Phi) is 6.70. The molecule has 0 bridgehead atoms. The van der Waals surface area contributed by atoms with Gasteiger partial charge in [-0.25, -0.2) is 4.98 Å². The number of thioether (sulfide) groups is 1. The third-order valence-electron chi connectivity index (χ3n) is 4.12. The fraction of sp³-hybridized carbons (Fsp3) is 0.611. The van der Waals surface area contributed by atoms with Crippen LogP contribution in [0.25, 0.3) is 11.0 Å². The number of H-pyrrole nitrogens is 1. The van der Waals surface area contributed by atoms with E-state index in [0.717, 1.165) is 18.5 Å². The van der Waals surface area contributed by atoms with Gasteiger partial charge in [0.15, 0.2) is 5.16 Å². The van der Waals surface area contributed by atoms with Gasteiger partial charge in [0.2, 0.25) is 5.91 Å². The number of carbonyl (C=O) groups is 1. The van der Waals surface area contributed by atoms with E-state index < -0.39 is 0 Å². The summed E-state index contributed by atoms with van der Waals surface area (Å²) in [5.41, 5.74) is 2.04. The highest BCUT2D eigenvalue weighted by molar-refractivity contribution is 7.99. The standard InChI is InChI=1S/C18H28N4O2S/c1-6-12(4)19-15(23)10-25-18-21-14-9-13(5)20-16(14)17(24)22(18)8-7-11(2)3/h9,11-12,20H,6-8,10H2,1-5H3,(H,19,23). The Hall–Kier alpha value is -1.76. The highest BCUT2D eigenvalue weighted by Crippen LogP contribution is 2.19. The first-order valence-corrected chi connectivity index (χ1v) is 9.82. The van der Waals surface area contributed by atoms with Crippen molar-refractivity contribution < 1.29 is 4.79 Å². The number of carbonyl (C=O) groups excluding carboxylic acids is 1. The first-order valence-electron chi connectivity index (χ1n) is 8.84. The molecule has 25 heavy (non-hydrogen) atoms. The van der Waals surface area contributed by atoms with Gasteiger partial charge in [-0.2, -0.15) is 0 Å². The van der Waals surface area contributed by atoms with Crippen LogP contribution in [0.4, 0.5) is 0 Å². The predicted octanol–water partition coefficient (Wildman–Crippen LogP) is 3.09. The minimum Gasteiger partial charge on any atom is -0.353 e. The molecule has 0 radical (unpaired) electrons. The van der Waals surface area contributed by atoms with E-state index >= 15 is 0 Å². The lowest BCUT2D eigenvalue weighted by Crippen LogP contribution is -2.33. The van der Waals surface area contributed by atoms with Gasteiger partial charge in [0, 0.05) is 18.3 Å². The maximum Gasteiger partial charge on any atom is 0.278 e.